The highest BCUT2D eigenvalue weighted by Crippen LogP contribution is 2.39. The summed E-state index contributed by atoms with van der Waals surface area (Å²) in [7, 11) is 0. The predicted octanol–water partition coefficient (Wildman–Crippen LogP) is 5.00. The maximum atomic E-state index is 13.6. The summed E-state index contributed by atoms with van der Waals surface area (Å²) in [6.07, 6.45) is 3.89. The van der Waals surface area contributed by atoms with Gasteiger partial charge in [0.05, 0.1) is 23.2 Å². The number of rotatable bonds is 5. The summed E-state index contributed by atoms with van der Waals surface area (Å²) < 4.78 is 0. The zero-order valence-corrected chi connectivity index (χ0v) is 18.4. The molecule has 164 valence electrons. The molecule has 1 aliphatic heterocycles. The van der Waals surface area contributed by atoms with Crippen molar-refractivity contribution in [2.24, 2.45) is 5.10 Å². The van der Waals surface area contributed by atoms with Gasteiger partial charge in [0.15, 0.2) is 0 Å². The monoisotopic (exact) mass is 455 g/mol. The van der Waals surface area contributed by atoms with Gasteiger partial charge >= 0.3 is 0 Å². The van der Waals surface area contributed by atoms with E-state index in [-0.39, 0.29) is 18.3 Å². The first-order chi connectivity index (χ1) is 16.2. The van der Waals surface area contributed by atoms with E-state index in [1.807, 2.05) is 54.6 Å². The molecule has 1 unspecified atom stereocenters. The van der Waals surface area contributed by atoms with Crippen molar-refractivity contribution in [2.45, 2.75) is 19.1 Å². The number of amides is 1. The Balaban J connectivity index is 1.52. The second kappa shape index (κ2) is 8.97. The standard InChI is InChI=1S/C26H21N3O3S/c30-16-18-6-1-2-8-19(18)24-11-12-25(33-24)26(32)29-22(20-9-3-4-10-23(20)31)14-21(28-29)17-7-5-13-27-15-17/h1-13,15,22,30-31H,14,16H2. The summed E-state index contributed by atoms with van der Waals surface area (Å²) in [6.45, 7) is -0.0718. The molecule has 5 rings (SSSR count). The van der Waals surface area contributed by atoms with Gasteiger partial charge in [-0.1, -0.05) is 48.5 Å². The molecule has 2 aromatic carbocycles. The Kier molecular flexibility index (Phi) is 5.73. The van der Waals surface area contributed by atoms with Gasteiger partial charge in [0.1, 0.15) is 5.75 Å². The number of para-hydroxylation sites is 1. The average Bonchev–Trinajstić information content (AvgIpc) is 3.53. The van der Waals surface area contributed by atoms with Crippen molar-refractivity contribution >= 4 is 23.0 Å². The molecule has 33 heavy (non-hydrogen) atoms. The van der Waals surface area contributed by atoms with E-state index in [9.17, 15) is 15.0 Å². The SMILES string of the molecule is O=C(c1ccc(-c2ccccc2CO)s1)N1N=C(c2cccnc2)CC1c1ccccc1O. The summed E-state index contributed by atoms with van der Waals surface area (Å²) in [5.41, 5.74) is 3.95. The Morgan fingerprint density at radius 2 is 1.85 bits per heavy atom. The quantitative estimate of drug-likeness (QED) is 0.443. The molecular formula is C26H21N3O3S. The van der Waals surface area contributed by atoms with Crippen LogP contribution in [0.2, 0.25) is 0 Å². The van der Waals surface area contributed by atoms with Crippen molar-refractivity contribution in [3.63, 3.8) is 0 Å². The van der Waals surface area contributed by atoms with Crippen LogP contribution in [0.25, 0.3) is 10.4 Å². The van der Waals surface area contributed by atoms with Crippen LogP contribution >= 0.6 is 11.3 Å². The molecular weight excluding hydrogens is 434 g/mol. The van der Waals surface area contributed by atoms with E-state index in [1.165, 1.54) is 16.3 Å². The third-order valence-electron chi connectivity index (χ3n) is 5.68. The molecule has 1 atom stereocenters. The highest BCUT2D eigenvalue weighted by molar-refractivity contribution is 7.17. The largest absolute Gasteiger partial charge is 0.508 e. The summed E-state index contributed by atoms with van der Waals surface area (Å²) >= 11 is 1.36. The first-order valence-corrected chi connectivity index (χ1v) is 11.4. The highest BCUT2D eigenvalue weighted by atomic mass is 32.1. The topological polar surface area (TPSA) is 86.0 Å². The summed E-state index contributed by atoms with van der Waals surface area (Å²) in [4.78, 5) is 19.2. The van der Waals surface area contributed by atoms with Gasteiger partial charge in [-0.05, 0) is 35.4 Å². The van der Waals surface area contributed by atoms with E-state index in [0.717, 1.165) is 27.3 Å². The second-order valence-corrected chi connectivity index (χ2v) is 8.78. The van der Waals surface area contributed by atoms with Crippen molar-refractivity contribution in [1.82, 2.24) is 9.99 Å². The molecule has 0 spiro atoms. The van der Waals surface area contributed by atoms with Crippen LogP contribution < -0.4 is 0 Å². The van der Waals surface area contributed by atoms with E-state index in [4.69, 9.17) is 0 Å². The Morgan fingerprint density at radius 3 is 2.64 bits per heavy atom. The van der Waals surface area contributed by atoms with E-state index in [0.29, 0.717) is 16.9 Å². The molecule has 4 aromatic rings. The summed E-state index contributed by atoms with van der Waals surface area (Å²) in [6, 6.07) is 21.6. The van der Waals surface area contributed by atoms with Crippen molar-refractivity contribution in [1.29, 1.82) is 0 Å². The zero-order chi connectivity index (χ0) is 22.8. The molecule has 2 N–H and O–H groups in total. The van der Waals surface area contributed by atoms with Crippen molar-refractivity contribution in [2.75, 3.05) is 0 Å². The number of nitrogens with zero attached hydrogens (tertiary/aromatic N) is 3. The number of aromatic hydroxyl groups is 1. The van der Waals surface area contributed by atoms with Crippen LogP contribution in [0.4, 0.5) is 0 Å². The number of phenols is 1. The molecule has 0 saturated heterocycles. The lowest BCUT2D eigenvalue weighted by molar-refractivity contribution is 0.0714. The van der Waals surface area contributed by atoms with Gasteiger partial charge in [0.2, 0.25) is 0 Å². The fraction of sp³-hybridized carbons (Fsp3) is 0.115. The normalized spacial score (nSPS) is 15.5. The first kappa shape index (κ1) is 21.1. The molecule has 6 nitrogen and oxygen atoms in total. The Morgan fingerprint density at radius 1 is 1.03 bits per heavy atom. The Labute approximate surface area is 195 Å². The molecule has 0 saturated carbocycles. The Hall–Kier alpha value is -3.81. The van der Waals surface area contributed by atoms with E-state index < -0.39 is 6.04 Å². The average molecular weight is 456 g/mol. The van der Waals surface area contributed by atoms with Gasteiger partial charge in [-0.25, -0.2) is 5.01 Å². The number of carbonyl (C=O) groups excluding carboxylic acids is 1. The second-order valence-electron chi connectivity index (χ2n) is 7.70. The van der Waals surface area contributed by atoms with Gasteiger partial charge in [0.25, 0.3) is 5.91 Å². The van der Waals surface area contributed by atoms with Crippen LogP contribution in [-0.4, -0.2) is 31.8 Å². The predicted molar refractivity (Wildman–Crippen MR) is 128 cm³/mol. The molecule has 0 aliphatic carbocycles. The van der Waals surface area contributed by atoms with Crippen molar-refractivity contribution in [3.8, 4) is 16.2 Å². The van der Waals surface area contributed by atoms with Gasteiger partial charge < -0.3 is 10.2 Å². The van der Waals surface area contributed by atoms with Gasteiger partial charge in [-0.2, -0.15) is 5.10 Å². The number of phenolic OH excluding ortho intramolecular Hbond substituents is 1. The Bertz CT molecular complexity index is 1330. The van der Waals surface area contributed by atoms with E-state index >= 15 is 0 Å². The highest BCUT2D eigenvalue weighted by Gasteiger charge is 2.35. The zero-order valence-electron chi connectivity index (χ0n) is 17.6. The molecule has 0 radical (unpaired) electrons. The number of pyridine rings is 1. The molecule has 1 amide bonds. The minimum atomic E-state index is -0.427. The molecule has 0 bridgehead atoms. The van der Waals surface area contributed by atoms with Gasteiger partial charge in [-0.3, -0.25) is 9.78 Å². The number of aliphatic hydroxyl groups is 1. The van der Waals surface area contributed by atoms with Crippen LogP contribution in [0.3, 0.4) is 0 Å². The molecule has 3 heterocycles. The van der Waals surface area contributed by atoms with Crippen LogP contribution in [0.15, 0.2) is 90.3 Å². The van der Waals surface area contributed by atoms with E-state index in [2.05, 4.69) is 10.1 Å². The number of benzene rings is 2. The number of thiophene rings is 1. The van der Waals surface area contributed by atoms with Crippen LogP contribution in [0.5, 0.6) is 5.75 Å². The third-order valence-corrected chi connectivity index (χ3v) is 6.79. The number of hydrazone groups is 1. The summed E-state index contributed by atoms with van der Waals surface area (Å²) in [5, 5.41) is 26.3. The fourth-order valence-electron chi connectivity index (χ4n) is 4.03. The number of aromatic nitrogens is 1. The smallest absolute Gasteiger partial charge is 0.284 e. The van der Waals surface area contributed by atoms with Gasteiger partial charge in [0, 0.05) is 34.8 Å². The van der Waals surface area contributed by atoms with Crippen molar-refractivity contribution < 1.29 is 15.0 Å². The molecule has 0 fully saturated rings. The van der Waals surface area contributed by atoms with Crippen molar-refractivity contribution in [3.05, 3.63) is 107 Å². The molecule has 2 aromatic heterocycles. The van der Waals surface area contributed by atoms with Crippen LogP contribution in [-0.2, 0) is 6.61 Å². The van der Waals surface area contributed by atoms with Crippen LogP contribution in [0, 0.1) is 0 Å². The maximum absolute atomic E-state index is 13.6. The number of hydrogen-bond acceptors (Lipinski definition) is 6. The third kappa shape index (κ3) is 4.04. The first-order valence-electron chi connectivity index (χ1n) is 10.5. The number of carbonyl (C=O) groups is 1. The molecule has 1 aliphatic rings. The minimum absolute atomic E-state index is 0.0718. The van der Waals surface area contributed by atoms with Gasteiger partial charge in [-0.15, -0.1) is 11.3 Å². The number of hydrogen-bond donors (Lipinski definition) is 2. The lowest BCUT2D eigenvalue weighted by Crippen LogP contribution is -2.26. The van der Waals surface area contributed by atoms with E-state index in [1.54, 1.807) is 30.6 Å². The minimum Gasteiger partial charge on any atom is -0.508 e. The lowest BCUT2D eigenvalue weighted by atomic mass is 9.98. The fourth-order valence-corrected chi connectivity index (χ4v) is 5.03. The summed E-state index contributed by atoms with van der Waals surface area (Å²) in [5.74, 6) is -0.105. The van der Waals surface area contributed by atoms with Crippen LogP contribution in [0.1, 0.15) is 38.8 Å². The number of aliphatic hydroxyl groups excluding tert-OH is 1. The lowest BCUT2D eigenvalue weighted by Gasteiger charge is -2.22. The maximum Gasteiger partial charge on any atom is 0.284 e. The molecule has 7 heteroatoms.